The molecule has 15 heavy (non-hydrogen) atoms. The van der Waals surface area contributed by atoms with Crippen molar-refractivity contribution in [3.63, 3.8) is 0 Å². The Balaban J connectivity index is 2.69. The monoisotopic (exact) mass is 224 g/mol. The summed E-state index contributed by atoms with van der Waals surface area (Å²) in [6.45, 7) is 4.15. The van der Waals surface area contributed by atoms with E-state index in [1.54, 1.807) is 6.07 Å². The predicted molar refractivity (Wildman–Crippen MR) is 65.1 cm³/mol. The van der Waals surface area contributed by atoms with Gasteiger partial charge in [-0.25, -0.2) is 4.98 Å². The van der Waals surface area contributed by atoms with Crippen LogP contribution in [-0.4, -0.2) is 16.1 Å². The third-order valence-corrected chi connectivity index (χ3v) is 2.20. The molecule has 3 nitrogen and oxygen atoms in total. The number of thiocarbonyl (C=S) groups is 1. The van der Waals surface area contributed by atoms with Gasteiger partial charge in [0.05, 0.1) is 6.10 Å². The minimum Gasteiger partial charge on any atom is -0.475 e. The molecule has 0 aliphatic heterocycles. The van der Waals surface area contributed by atoms with Gasteiger partial charge < -0.3 is 10.5 Å². The second-order valence-electron chi connectivity index (χ2n) is 3.44. The quantitative estimate of drug-likeness (QED) is 0.779. The summed E-state index contributed by atoms with van der Waals surface area (Å²) in [6, 6.07) is 5.43. The Morgan fingerprint density at radius 3 is 2.93 bits per heavy atom. The standard InChI is InChI=1S/C11H16N2OS/c1-3-5-8(2)14-10-7-4-6-9(13-10)11(12)15/h4,6-8H,3,5H2,1-2H3,(H2,12,15). The lowest BCUT2D eigenvalue weighted by Crippen LogP contribution is -2.15. The highest BCUT2D eigenvalue weighted by atomic mass is 32.1. The van der Waals surface area contributed by atoms with Crippen molar-refractivity contribution in [1.82, 2.24) is 4.98 Å². The van der Waals surface area contributed by atoms with Crippen LogP contribution >= 0.6 is 12.2 Å². The molecule has 2 N–H and O–H groups in total. The Morgan fingerprint density at radius 1 is 1.60 bits per heavy atom. The van der Waals surface area contributed by atoms with Crippen LogP contribution in [0.15, 0.2) is 18.2 Å². The van der Waals surface area contributed by atoms with Gasteiger partial charge >= 0.3 is 0 Å². The van der Waals surface area contributed by atoms with E-state index in [1.165, 1.54) is 0 Å². The number of hydrogen-bond acceptors (Lipinski definition) is 3. The Morgan fingerprint density at radius 2 is 2.33 bits per heavy atom. The molecule has 1 unspecified atom stereocenters. The molecule has 0 radical (unpaired) electrons. The second-order valence-corrected chi connectivity index (χ2v) is 3.88. The highest BCUT2D eigenvalue weighted by molar-refractivity contribution is 7.80. The Bertz CT molecular complexity index is 341. The maximum absolute atomic E-state index is 5.62. The smallest absolute Gasteiger partial charge is 0.214 e. The SMILES string of the molecule is CCCC(C)Oc1cccc(C(N)=S)n1. The van der Waals surface area contributed by atoms with Crippen molar-refractivity contribution in [2.24, 2.45) is 5.73 Å². The van der Waals surface area contributed by atoms with Crippen LogP contribution in [0.4, 0.5) is 0 Å². The summed E-state index contributed by atoms with van der Waals surface area (Å²) >= 11 is 4.85. The van der Waals surface area contributed by atoms with Crippen molar-refractivity contribution in [3.05, 3.63) is 23.9 Å². The molecule has 0 amide bonds. The molecule has 0 bridgehead atoms. The number of nitrogens with zero attached hydrogens (tertiary/aromatic N) is 1. The van der Waals surface area contributed by atoms with Gasteiger partial charge in [0.2, 0.25) is 5.88 Å². The molecule has 0 saturated carbocycles. The lowest BCUT2D eigenvalue weighted by atomic mass is 10.2. The number of aromatic nitrogens is 1. The molecular weight excluding hydrogens is 208 g/mol. The van der Waals surface area contributed by atoms with Gasteiger partial charge in [-0.05, 0) is 19.4 Å². The van der Waals surface area contributed by atoms with Gasteiger partial charge in [0.15, 0.2) is 0 Å². The first-order valence-electron chi connectivity index (χ1n) is 5.07. The lowest BCUT2D eigenvalue weighted by molar-refractivity contribution is 0.201. The first kappa shape index (κ1) is 11.9. The predicted octanol–water partition coefficient (Wildman–Crippen LogP) is 2.28. The van der Waals surface area contributed by atoms with Crippen molar-refractivity contribution < 1.29 is 4.74 Å². The molecule has 1 aromatic heterocycles. The summed E-state index contributed by atoms with van der Waals surface area (Å²) in [5, 5.41) is 0. The molecule has 0 fully saturated rings. The lowest BCUT2D eigenvalue weighted by Gasteiger charge is -2.13. The van der Waals surface area contributed by atoms with Crippen LogP contribution in [0.3, 0.4) is 0 Å². The van der Waals surface area contributed by atoms with Gasteiger partial charge in [-0.1, -0.05) is 31.6 Å². The van der Waals surface area contributed by atoms with Crippen LogP contribution in [0.25, 0.3) is 0 Å². The first-order valence-corrected chi connectivity index (χ1v) is 5.47. The average molecular weight is 224 g/mol. The minimum atomic E-state index is 0.170. The van der Waals surface area contributed by atoms with E-state index >= 15 is 0 Å². The van der Waals surface area contributed by atoms with Gasteiger partial charge in [-0.2, -0.15) is 0 Å². The zero-order chi connectivity index (χ0) is 11.3. The van der Waals surface area contributed by atoms with Gasteiger partial charge in [0, 0.05) is 6.07 Å². The third-order valence-electron chi connectivity index (χ3n) is 1.99. The van der Waals surface area contributed by atoms with Crippen LogP contribution in [0.2, 0.25) is 0 Å². The summed E-state index contributed by atoms with van der Waals surface area (Å²) in [7, 11) is 0. The summed E-state index contributed by atoms with van der Waals surface area (Å²) in [5.41, 5.74) is 6.09. The summed E-state index contributed by atoms with van der Waals surface area (Å²) < 4.78 is 5.62. The molecule has 1 heterocycles. The molecule has 4 heteroatoms. The zero-order valence-electron chi connectivity index (χ0n) is 9.06. The van der Waals surface area contributed by atoms with Gasteiger partial charge in [0.1, 0.15) is 10.7 Å². The van der Waals surface area contributed by atoms with E-state index < -0.39 is 0 Å². The Hall–Kier alpha value is -1.16. The minimum absolute atomic E-state index is 0.170. The van der Waals surface area contributed by atoms with Crippen LogP contribution < -0.4 is 10.5 Å². The fraction of sp³-hybridized carbons (Fsp3) is 0.455. The van der Waals surface area contributed by atoms with Crippen molar-refractivity contribution in [1.29, 1.82) is 0 Å². The molecule has 0 spiro atoms. The number of nitrogens with two attached hydrogens (primary N) is 1. The van der Waals surface area contributed by atoms with Crippen LogP contribution in [0.5, 0.6) is 5.88 Å². The molecule has 0 aromatic carbocycles. The van der Waals surface area contributed by atoms with Crippen LogP contribution in [0.1, 0.15) is 32.4 Å². The number of ether oxygens (including phenoxy) is 1. The molecule has 0 aliphatic rings. The number of hydrogen-bond donors (Lipinski definition) is 1. The fourth-order valence-electron chi connectivity index (χ4n) is 1.29. The molecular formula is C11H16N2OS. The van der Waals surface area contributed by atoms with Crippen molar-refractivity contribution in [2.75, 3.05) is 0 Å². The summed E-state index contributed by atoms with van der Waals surface area (Å²) in [6.07, 6.45) is 2.28. The largest absolute Gasteiger partial charge is 0.475 e. The molecule has 0 saturated heterocycles. The maximum atomic E-state index is 5.62. The number of rotatable bonds is 5. The topological polar surface area (TPSA) is 48.1 Å². The second kappa shape index (κ2) is 5.66. The van der Waals surface area contributed by atoms with Crippen molar-refractivity contribution in [3.8, 4) is 5.88 Å². The zero-order valence-corrected chi connectivity index (χ0v) is 9.88. The Kier molecular flexibility index (Phi) is 4.49. The molecule has 1 aromatic rings. The van der Waals surface area contributed by atoms with E-state index in [0.717, 1.165) is 12.8 Å². The van der Waals surface area contributed by atoms with Gasteiger partial charge in [-0.15, -0.1) is 0 Å². The van der Waals surface area contributed by atoms with E-state index in [0.29, 0.717) is 16.6 Å². The van der Waals surface area contributed by atoms with Crippen molar-refractivity contribution in [2.45, 2.75) is 32.8 Å². The number of pyridine rings is 1. The molecule has 82 valence electrons. The Labute approximate surface area is 95.7 Å². The van der Waals surface area contributed by atoms with Gasteiger partial charge in [-0.3, -0.25) is 0 Å². The third kappa shape index (κ3) is 3.83. The summed E-state index contributed by atoms with van der Waals surface area (Å²) in [4.78, 5) is 4.50. The molecule has 0 aliphatic carbocycles. The van der Waals surface area contributed by atoms with E-state index in [9.17, 15) is 0 Å². The summed E-state index contributed by atoms with van der Waals surface area (Å²) in [5.74, 6) is 0.584. The first-order chi connectivity index (χ1) is 7.13. The van der Waals surface area contributed by atoms with Gasteiger partial charge in [0.25, 0.3) is 0 Å². The fourth-order valence-corrected chi connectivity index (χ4v) is 1.40. The van der Waals surface area contributed by atoms with E-state index in [4.69, 9.17) is 22.7 Å². The highest BCUT2D eigenvalue weighted by Crippen LogP contribution is 2.11. The normalized spacial score (nSPS) is 12.1. The van der Waals surface area contributed by atoms with Crippen molar-refractivity contribution >= 4 is 17.2 Å². The molecule has 1 rings (SSSR count). The van der Waals surface area contributed by atoms with E-state index in [2.05, 4.69) is 11.9 Å². The average Bonchev–Trinajstić information content (AvgIpc) is 2.18. The van der Waals surface area contributed by atoms with Crippen LogP contribution in [-0.2, 0) is 0 Å². The van der Waals surface area contributed by atoms with E-state index in [1.807, 2.05) is 19.1 Å². The highest BCUT2D eigenvalue weighted by Gasteiger charge is 2.05. The molecule has 1 atom stereocenters. The van der Waals surface area contributed by atoms with E-state index in [-0.39, 0.29) is 6.10 Å². The van der Waals surface area contributed by atoms with Crippen LogP contribution in [0, 0.1) is 0 Å². The maximum Gasteiger partial charge on any atom is 0.214 e.